The summed E-state index contributed by atoms with van der Waals surface area (Å²) in [5.41, 5.74) is 3.34. The molecule has 2 amide bonds. The monoisotopic (exact) mass is 342 g/mol. The molecule has 1 fully saturated rings. The van der Waals surface area contributed by atoms with Crippen LogP contribution in [0.5, 0.6) is 0 Å². The fourth-order valence-electron chi connectivity index (χ4n) is 3.44. The van der Waals surface area contributed by atoms with Crippen molar-refractivity contribution in [1.82, 2.24) is 20.2 Å². The van der Waals surface area contributed by atoms with Gasteiger partial charge in [-0.25, -0.2) is 0 Å². The van der Waals surface area contributed by atoms with Gasteiger partial charge >= 0.3 is 0 Å². The van der Waals surface area contributed by atoms with Crippen molar-refractivity contribution in [2.45, 2.75) is 33.1 Å². The summed E-state index contributed by atoms with van der Waals surface area (Å²) in [6.07, 6.45) is 10.3. The minimum absolute atomic E-state index is 0.0534. The number of amides is 2. The predicted molar refractivity (Wildman–Crippen MR) is 96.6 cm³/mol. The lowest BCUT2D eigenvalue weighted by Gasteiger charge is -2.25. The number of hydrogen-bond acceptors (Lipinski definition) is 2. The van der Waals surface area contributed by atoms with Crippen LogP contribution in [0.4, 0.5) is 0 Å². The summed E-state index contributed by atoms with van der Waals surface area (Å²) in [5.74, 6) is 0.315. The summed E-state index contributed by atoms with van der Waals surface area (Å²) in [4.78, 5) is 32.9. The van der Waals surface area contributed by atoms with Gasteiger partial charge in [0, 0.05) is 44.4 Å². The van der Waals surface area contributed by atoms with Gasteiger partial charge in [-0.1, -0.05) is 6.42 Å². The van der Waals surface area contributed by atoms with Gasteiger partial charge in [0.25, 0.3) is 11.8 Å². The Morgan fingerprint density at radius 3 is 2.40 bits per heavy atom. The highest BCUT2D eigenvalue weighted by Gasteiger charge is 2.24. The third-order valence-corrected chi connectivity index (χ3v) is 4.99. The van der Waals surface area contributed by atoms with Crippen LogP contribution in [0.1, 0.15) is 51.1 Å². The first-order valence-corrected chi connectivity index (χ1v) is 8.90. The normalized spacial score (nSPS) is 18.0. The van der Waals surface area contributed by atoms with Gasteiger partial charge in [0.15, 0.2) is 0 Å². The number of nitrogens with zero attached hydrogens (tertiary/aromatic N) is 1. The average Bonchev–Trinajstić information content (AvgIpc) is 3.14. The summed E-state index contributed by atoms with van der Waals surface area (Å²) >= 11 is 0. The highest BCUT2D eigenvalue weighted by atomic mass is 16.2. The second-order valence-corrected chi connectivity index (χ2v) is 6.93. The summed E-state index contributed by atoms with van der Waals surface area (Å²) in [7, 11) is 0. The maximum Gasteiger partial charge on any atom is 0.255 e. The van der Waals surface area contributed by atoms with Crippen molar-refractivity contribution in [1.29, 1.82) is 0 Å². The number of rotatable bonds is 4. The highest BCUT2D eigenvalue weighted by molar-refractivity contribution is 5.96. The van der Waals surface area contributed by atoms with Crippen LogP contribution in [0.25, 0.3) is 0 Å². The largest absolute Gasteiger partial charge is 0.367 e. The first kappa shape index (κ1) is 17.3. The Kier molecular flexibility index (Phi) is 5.26. The van der Waals surface area contributed by atoms with Crippen LogP contribution in [-0.4, -0.2) is 46.3 Å². The first-order chi connectivity index (χ1) is 12.1. The molecule has 2 aromatic rings. The van der Waals surface area contributed by atoms with Crippen LogP contribution in [0, 0.1) is 19.8 Å². The number of aryl methyl sites for hydroxylation is 2. The van der Waals surface area contributed by atoms with E-state index in [0.29, 0.717) is 18.7 Å². The Bertz CT molecular complexity index is 746. The van der Waals surface area contributed by atoms with E-state index >= 15 is 0 Å². The molecule has 0 aliphatic carbocycles. The van der Waals surface area contributed by atoms with Crippen LogP contribution >= 0.6 is 0 Å². The SMILES string of the molecule is Cc1c[nH]cc1C(=O)NCC1CCCCN(C(=O)c2c[nH]cc2C)C1. The molecule has 1 aliphatic heterocycles. The highest BCUT2D eigenvalue weighted by Crippen LogP contribution is 2.19. The molecule has 1 atom stereocenters. The molecule has 0 saturated carbocycles. The van der Waals surface area contributed by atoms with Crippen LogP contribution in [0.2, 0.25) is 0 Å². The van der Waals surface area contributed by atoms with Gasteiger partial charge in [-0.15, -0.1) is 0 Å². The van der Waals surface area contributed by atoms with Gasteiger partial charge in [-0.05, 0) is 43.7 Å². The number of likely N-dealkylation sites (tertiary alicyclic amines) is 1. The Morgan fingerprint density at radius 1 is 1.08 bits per heavy atom. The lowest BCUT2D eigenvalue weighted by molar-refractivity contribution is 0.0739. The Labute approximate surface area is 148 Å². The van der Waals surface area contributed by atoms with Crippen molar-refractivity contribution in [3.8, 4) is 0 Å². The van der Waals surface area contributed by atoms with Gasteiger partial charge in [0.05, 0.1) is 11.1 Å². The molecule has 134 valence electrons. The van der Waals surface area contributed by atoms with Gasteiger partial charge in [0.2, 0.25) is 0 Å². The molecule has 6 nitrogen and oxygen atoms in total. The molecule has 0 radical (unpaired) electrons. The molecule has 1 unspecified atom stereocenters. The smallest absolute Gasteiger partial charge is 0.255 e. The topological polar surface area (TPSA) is 81.0 Å². The van der Waals surface area contributed by atoms with E-state index in [2.05, 4.69) is 15.3 Å². The van der Waals surface area contributed by atoms with E-state index in [0.717, 1.165) is 42.5 Å². The summed E-state index contributed by atoms with van der Waals surface area (Å²) in [6.45, 7) is 5.93. The van der Waals surface area contributed by atoms with Crippen LogP contribution in [0.15, 0.2) is 24.8 Å². The third kappa shape index (κ3) is 3.95. The fourth-order valence-corrected chi connectivity index (χ4v) is 3.44. The van der Waals surface area contributed by atoms with E-state index in [1.807, 2.05) is 31.1 Å². The van der Waals surface area contributed by atoms with Crippen molar-refractivity contribution in [3.05, 3.63) is 47.0 Å². The molecule has 0 aromatic carbocycles. The molecule has 6 heteroatoms. The second-order valence-electron chi connectivity index (χ2n) is 6.93. The zero-order chi connectivity index (χ0) is 17.8. The van der Waals surface area contributed by atoms with Crippen LogP contribution in [0.3, 0.4) is 0 Å². The van der Waals surface area contributed by atoms with E-state index in [9.17, 15) is 9.59 Å². The van der Waals surface area contributed by atoms with Crippen molar-refractivity contribution in [2.24, 2.45) is 5.92 Å². The number of aromatic amines is 2. The zero-order valence-electron chi connectivity index (χ0n) is 14.9. The summed E-state index contributed by atoms with van der Waals surface area (Å²) < 4.78 is 0. The summed E-state index contributed by atoms with van der Waals surface area (Å²) in [5, 5.41) is 3.03. The number of carbonyl (C=O) groups excluding carboxylic acids is 2. The minimum Gasteiger partial charge on any atom is -0.367 e. The summed E-state index contributed by atoms with van der Waals surface area (Å²) in [6, 6.07) is 0. The van der Waals surface area contributed by atoms with E-state index in [1.54, 1.807) is 12.4 Å². The lowest BCUT2D eigenvalue weighted by Crippen LogP contribution is -2.39. The fraction of sp³-hybridized carbons (Fsp3) is 0.474. The van der Waals surface area contributed by atoms with Gasteiger partial charge in [-0.3, -0.25) is 9.59 Å². The Balaban J connectivity index is 1.60. The Morgan fingerprint density at radius 2 is 1.76 bits per heavy atom. The Hall–Kier alpha value is -2.50. The van der Waals surface area contributed by atoms with E-state index < -0.39 is 0 Å². The molecular weight excluding hydrogens is 316 g/mol. The van der Waals surface area contributed by atoms with Crippen molar-refractivity contribution in [3.63, 3.8) is 0 Å². The number of nitrogens with one attached hydrogen (secondary N) is 3. The number of aromatic nitrogens is 2. The second kappa shape index (κ2) is 7.59. The maximum atomic E-state index is 12.8. The minimum atomic E-state index is -0.0534. The van der Waals surface area contributed by atoms with Crippen molar-refractivity contribution in [2.75, 3.05) is 19.6 Å². The predicted octanol–water partition coefficient (Wildman–Crippen LogP) is 2.63. The lowest BCUT2D eigenvalue weighted by atomic mass is 10.0. The molecule has 2 aromatic heterocycles. The molecule has 0 bridgehead atoms. The molecule has 0 spiro atoms. The van der Waals surface area contributed by atoms with Gasteiger partial charge in [0.1, 0.15) is 0 Å². The van der Waals surface area contributed by atoms with E-state index in [-0.39, 0.29) is 17.7 Å². The van der Waals surface area contributed by atoms with E-state index in [1.165, 1.54) is 0 Å². The molecule has 1 aliphatic rings. The molecular formula is C19H26N4O2. The number of H-pyrrole nitrogens is 2. The number of hydrogen-bond donors (Lipinski definition) is 3. The molecule has 25 heavy (non-hydrogen) atoms. The van der Waals surface area contributed by atoms with E-state index in [4.69, 9.17) is 0 Å². The number of carbonyl (C=O) groups is 2. The molecule has 3 N–H and O–H groups in total. The van der Waals surface area contributed by atoms with Gasteiger partial charge in [-0.2, -0.15) is 0 Å². The molecule has 3 heterocycles. The van der Waals surface area contributed by atoms with Crippen LogP contribution in [-0.2, 0) is 0 Å². The standard InChI is InChI=1S/C19H26N4O2/c1-13-7-20-10-16(13)18(24)22-9-15-5-3-4-6-23(12-15)19(25)17-11-21-8-14(17)2/h7-8,10-11,15,20-21H,3-6,9,12H2,1-2H3,(H,22,24). The zero-order valence-corrected chi connectivity index (χ0v) is 14.9. The third-order valence-electron chi connectivity index (χ3n) is 4.99. The van der Waals surface area contributed by atoms with Crippen LogP contribution < -0.4 is 5.32 Å². The average molecular weight is 342 g/mol. The molecule has 3 rings (SSSR count). The quantitative estimate of drug-likeness (QED) is 0.798. The molecule has 1 saturated heterocycles. The maximum absolute atomic E-state index is 12.8. The van der Waals surface area contributed by atoms with Gasteiger partial charge < -0.3 is 20.2 Å². The van der Waals surface area contributed by atoms with Crippen molar-refractivity contribution >= 4 is 11.8 Å². The first-order valence-electron chi connectivity index (χ1n) is 8.90. The van der Waals surface area contributed by atoms with Crippen molar-refractivity contribution < 1.29 is 9.59 Å².